The quantitative estimate of drug-likeness (QED) is 0.853. The predicted molar refractivity (Wildman–Crippen MR) is 54.0 cm³/mol. The van der Waals surface area contributed by atoms with E-state index < -0.39 is 11.6 Å². The van der Waals surface area contributed by atoms with Gasteiger partial charge in [0, 0.05) is 6.54 Å². The second-order valence-electron chi connectivity index (χ2n) is 3.24. The molecule has 0 aliphatic carbocycles. The van der Waals surface area contributed by atoms with Crippen molar-refractivity contribution in [3.05, 3.63) is 41.7 Å². The first-order chi connectivity index (χ1) is 7.74. The Morgan fingerprint density at radius 2 is 2.19 bits per heavy atom. The van der Waals surface area contributed by atoms with E-state index in [9.17, 15) is 8.78 Å². The third-order valence-corrected chi connectivity index (χ3v) is 2.14. The summed E-state index contributed by atoms with van der Waals surface area (Å²) < 4.78 is 27.8. The number of rotatable bonds is 3. The number of halogens is 2. The van der Waals surface area contributed by atoms with Crippen LogP contribution in [0.3, 0.4) is 0 Å². The van der Waals surface area contributed by atoms with Crippen molar-refractivity contribution in [1.82, 2.24) is 20.3 Å². The van der Waals surface area contributed by atoms with Crippen molar-refractivity contribution in [2.45, 2.75) is 6.54 Å². The van der Waals surface area contributed by atoms with Gasteiger partial charge in [-0.05, 0) is 19.2 Å². The van der Waals surface area contributed by atoms with Gasteiger partial charge in [0.2, 0.25) is 0 Å². The summed E-state index contributed by atoms with van der Waals surface area (Å²) in [5, 5.41) is 10.3. The van der Waals surface area contributed by atoms with E-state index in [4.69, 9.17) is 0 Å². The van der Waals surface area contributed by atoms with Crippen molar-refractivity contribution in [2.24, 2.45) is 0 Å². The molecule has 0 saturated heterocycles. The normalized spacial score (nSPS) is 10.7. The molecular formula is C10H10F2N4. The highest BCUT2D eigenvalue weighted by Crippen LogP contribution is 2.16. The summed E-state index contributed by atoms with van der Waals surface area (Å²) >= 11 is 0. The molecule has 0 saturated carbocycles. The van der Waals surface area contributed by atoms with Crippen LogP contribution in [0.25, 0.3) is 5.69 Å². The number of benzene rings is 1. The van der Waals surface area contributed by atoms with E-state index in [1.54, 1.807) is 7.05 Å². The van der Waals surface area contributed by atoms with Gasteiger partial charge in [0.25, 0.3) is 0 Å². The highest BCUT2D eigenvalue weighted by atomic mass is 19.2. The average molecular weight is 224 g/mol. The Hall–Kier alpha value is -1.82. The second-order valence-corrected chi connectivity index (χ2v) is 3.24. The lowest BCUT2D eigenvalue weighted by atomic mass is 10.3. The lowest BCUT2D eigenvalue weighted by Crippen LogP contribution is -2.12. The van der Waals surface area contributed by atoms with Crippen molar-refractivity contribution < 1.29 is 8.78 Å². The first-order valence-corrected chi connectivity index (χ1v) is 4.72. The van der Waals surface area contributed by atoms with Crippen LogP contribution >= 0.6 is 0 Å². The molecule has 16 heavy (non-hydrogen) atoms. The van der Waals surface area contributed by atoms with Gasteiger partial charge in [0.15, 0.2) is 11.6 Å². The van der Waals surface area contributed by atoms with Gasteiger partial charge in [0.1, 0.15) is 5.69 Å². The Morgan fingerprint density at radius 1 is 1.38 bits per heavy atom. The molecule has 4 nitrogen and oxygen atoms in total. The summed E-state index contributed by atoms with van der Waals surface area (Å²) in [5.41, 5.74) is 0.717. The fourth-order valence-electron chi connectivity index (χ4n) is 1.42. The second kappa shape index (κ2) is 4.36. The van der Waals surface area contributed by atoms with Gasteiger partial charge in [-0.15, -0.1) is 5.10 Å². The largest absolute Gasteiger partial charge is 0.314 e. The molecule has 0 aliphatic heterocycles. The number of aromatic nitrogens is 3. The number of nitrogens with zero attached hydrogens (tertiary/aromatic N) is 3. The Bertz CT molecular complexity index is 495. The molecule has 0 unspecified atom stereocenters. The van der Waals surface area contributed by atoms with Gasteiger partial charge in [-0.3, -0.25) is 0 Å². The number of hydrogen-bond acceptors (Lipinski definition) is 3. The minimum atomic E-state index is -0.926. The summed E-state index contributed by atoms with van der Waals surface area (Å²) in [6, 6.07) is 3.94. The molecule has 0 amide bonds. The monoisotopic (exact) mass is 224 g/mol. The summed E-state index contributed by atoms with van der Waals surface area (Å²) in [6.45, 7) is 0.475. The molecule has 1 aromatic heterocycles. The molecule has 0 fully saturated rings. The first kappa shape index (κ1) is 10.7. The van der Waals surface area contributed by atoms with E-state index in [1.165, 1.54) is 23.0 Å². The molecule has 2 aromatic rings. The predicted octanol–water partition coefficient (Wildman–Crippen LogP) is 1.26. The van der Waals surface area contributed by atoms with Gasteiger partial charge < -0.3 is 5.32 Å². The van der Waals surface area contributed by atoms with Crippen molar-refractivity contribution in [1.29, 1.82) is 0 Å². The van der Waals surface area contributed by atoms with Gasteiger partial charge >= 0.3 is 0 Å². The molecule has 1 aromatic carbocycles. The third kappa shape index (κ3) is 1.79. The van der Waals surface area contributed by atoms with E-state index in [1.807, 2.05) is 0 Å². The standard InChI is InChI=1S/C10H10F2N4/c1-13-5-7-6-14-15-16(7)9-4-2-3-8(11)10(9)12/h2-4,6,13H,5H2,1H3. The van der Waals surface area contributed by atoms with E-state index in [0.717, 1.165) is 6.07 Å². The molecule has 6 heteroatoms. The maximum atomic E-state index is 13.5. The SMILES string of the molecule is CNCc1cnnn1-c1cccc(F)c1F. The van der Waals surface area contributed by atoms with Crippen molar-refractivity contribution in [3.63, 3.8) is 0 Å². The summed E-state index contributed by atoms with van der Waals surface area (Å²) in [5.74, 6) is -1.83. The molecule has 0 atom stereocenters. The maximum Gasteiger partial charge on any atom is 0.184 e. The summed E-state index contributed by atoms with van der Waals surface area (Å²) in [7, 11) is 1.75. The zero-order valence-corrected chi connectivity index (χ0v) is 8.61. The van der Waals surface area contributed by atoms with E-state index in [2.05, 4.69) is 15.6 Å². The van der Waals surface area contributed by atoms with Crippen LogP contribution in [-0.2, 0) is 6.54 Å². The Balaban J connectivity index is 2.50. The minimum absolute atomic E-state index is 0.0581. The van der Waals surface area contributed by atoms with E-state index in [-0.39, 0.29) is 5.69 Å². The fourth-order valence-corrected chi connectivity index (χ4v) is 1.42. The molecule has 1 heterocycles. The lowest BCUT2D eigenvalue weighted by Gasteiger charge is -2.06. The van der Waals surface area contributed by atoms with Gasteiger partial charge in [0.05, 0.1) is 11.9 Å². The molecule has 2 rings (SSSR count). The lowest BCUT2D eigenvalue weighted by molar-refractivity contribution is 0.498. The molecular weight excluding hydrogens is 214 g/mol. The van der Waals surface area contributed by atoms with Crippen LogP contribution in [0.1, 0.15) is 5.69 Å². The third-order valence-electron chi connectivity index (χ3n) is 2.14. The van der Waals surface area contributed by atoms with Gasteiger partial charge in [-0.25, -0.2) is 13.5 Å². The molecule has 0 aliphatic rings. The van der Waals surface area contributed by atoms with Crippen LogP contribution in [0.4, 0.5) is 8.78 Å². The van der Waals surface area contributed by atoms with E-state index >= 15 is 0 Å². The number of hydrogen-bond donors (Lipinski definition) is 1. The molecule has 0 spiro atoms. The zero-order chi connectivity index (χ0) is 11.5. The Labute approximate surface area is 90.9 Å². The van der Waals surface area contributed by atoms with Gasteiger partial charge in [-0.1, -0.05) is 11.3 Å². The minimum Gasteiger partial charge on any atom is -0.314 e. The van der Waals surface area contributed by atoms with Crippen molar-refractivity contribution in [3.8, 4) is 5.69 Å². The first-order valence-electron chi connectivity index (χ1n) is 4.72. The van der Waals surface area contributed by atoms with Crippen molar-refractivity contribution in [2.75, 3.05) is 7.05 Å². The number of nitrogens with one attached hydrogen (secondary N) is 1. The summed E-state index contributed by atoms with van der Waals surface area (Å²) in [6.07, 6.45) is 1.50. The van der Waals surface area contributed by atoms with Crippen LogP contribution in [-0.4, -0.2) is 22.0 Å². The molecule has 0 bridgehead atoms. The average Bonchev–Trinajstić information content (AvgIpc) is 2.71. The molecule has 0 radical (unpaired) electrons. The Kier molecular flexibility index (Phi) is 2.91. The van der Waals surface area contributed by atoms with Crippen LogP contribution in [0.5, 0.6) is 0 Å². The highest BCUT2D eigenvalue weighted by molar-refractivity contribution is 5.34. The van der Waals surface area contributed by atoms with Crippen LogP contribution in [0, 0.1) is 11.6 Å². The van der Waals surface area contributed by atoms with Crippen LogP contribution < -0.4 is 5.32 Å². The fraction of sp³-hybridized carbons (Fsp3) is 0.200. The highest BCUT2D eigenvalue weighted by Gasteiger charge is 2.13. The Morgan fingerprint density at radius 3 is 2.94 bits per heavy atom. The smallest absolute Gasteiger partial charge is 0.184 e. The summed E-state index contributed by atoms with van der Waals surface area (Å²) in [4.78, 5) is 0. The maximum absolute atomic E-state index is 13.5. The zero-order valence-electron chi connectivity index (χ0n) is 8.61. The van der Waals surface area contributed by atoms with Gasteiger partial charge in [-0.2, -0.15) is 0 Å². The molecule has 84 valence electrons. The molecule has 1 N–H and O–H groups in total. The van der Waals surface area contributed by atoms with Crippen LogP contribution in [0.15, 0.2) is 24.4 Å². The van der Waals surface area contributed by atoms with Crippen LogP contribution in [0.2, 0.25) is 0 Å². The van der Waals surface area contributed by atoms with Crippen molar-refractivity contribution >= 4 is 0 Å². The topological polar surface area (TPSA) is 42.7 Å². The van der Waals surface area contributed by atoms with E-state index in [0.29, 0.717) is 12.2 Å².